The van der Waals surface area contributed by atoms with Crippen molar-refractivity contribution in [1.82, 2.24) is 9.47 Å². The molecule has 164 valence electrons. The lowest BCUT2D eigenvalue weighted by atomic mass is 10.1. The summed E-state index contributed by atoms with van der Waals surface area (Å²) in [5, 5.41) is 1.85. The highest BCUT2D eigenvalue weighted by Crippen LogP contribution is 2.37. The summed E-state index contributed by atoms with van der Waals surface area (Å²) in [7, 11) is 0. The molecule has 5 rings (SSSR count). The van der Waals surface area contributed by atoms with Gasteiger partial charge in [-0.25, -0.2) is 4.99 Å². The molecule has 0 aliphatic carbocycles. The van der Waals surface area contributed by atoms with Gasteiger partial charge in [0.15, 0.2) is 5.17 Å². The summed E-state index contributed by atoms with van der Waals surface area (Å²) < 4.78 is 2.26. The highest BCUT2D eigenvalue weighted by Gasteiger charge is 2.33. The van der Waals surface area contributed by atoms with Crippen LogP contribution in [0.4, 0.5) is 5.69 Å². The molecule has 1 aliphatic heterocycles. The third kappa shape index (κ3) is 4.37. The third-order valence-electron chi connectivity index (χ3n) is 5.67. The number of thioether (sulfide) groups is 1. The number of carbonyl (C=O) groups is 1. The van der Waals surface area contributed by atoms with E-state index in [4.69, 9.17) is 4.99 Å². The average Bonchev–Trinajstić information content (AvgIpc) is 3.34. The molecular weight excluding hydrogens is 426 g/mol. The molecule has 0 bridgehead atoms. The highest BCUT2D eigenvalue weighted by molar-refractivity contribution is 8.18. The lowest BCUT2D eigenvalue weighted by Crippen LogP contribution is -2.28. The predicted molar refractivity (Wildman–Crippen MR) is 138 cm³/mol. The van der Waals surface area contributed by atoms with Crippen molar-refractivity contribution in [2.75, 3.05) is 0 Å². The van der Waals surface area contributed by atoms with Crippen molar-refractivity contribution in [2.24, 2.45) is 4.99 Å². The van der Waals surface area contributed by atoms with Crippen LogP contribution in [-0.4, -0.2) is 20.5 Å². The van der Waals surface area contributed by atoms with Crippen LogP contribution in [0.2, 0.25) is 0 Å². The van der Waals surface area contributed by atoms with Crippen molar-refractivity contribution >= 4 is 45.5 Å². The van der Waals surface area contributed by atoms with E-state index in [1.807, 2.05) is 72.8 Å². The first kappa shape index (κ1) is 21.3. The summed E-state index contributed by atoms with van der Waals surface area (Å²) in [5.41, 5.74) is 4.14. The maximum absolute atomic E-state index is 13.5. The van der Waals surface area contributed by atoms with Gasteiger partial charge in [-0.3, -0.25) is 9.69 Å². The molecule has 1 aromatic heterocycles. The molecule has 0 spiro atoms. The second-order valence-corrected chi connectivity index (χ2v) is 9.33. The first-order valence-electron chi connectivity index (χ1n) is 11.1. The van der Waals surface area contributed by atoms with E-state index >= 15 is 0 Å². The van der Waals surface area contributed by atoms with Crippen molar-refractivity contribution in [3.05, 3.63) is 107 Å². The van der Waals surface area contributed by atoms with E-state index in [1.54, 1.807) is 4.90 Å². The fourth-order valence-corrected chi connectivity index (χ4v) is 5.01. The number of nitrogens with zero attached hydrogens (tertiary/aromatic N) is 3. The second-order valence-electron chi connectivity index (χ2n) is 8.32. The Morgan fingerprint density at radius 2 is 1.58 bits per heavy atom. The minimum Gasteiger partial charge on any atom is -0.344 e. The monoisotopic (exact) mass is 451 g/mol. The van der Waals surface area contributed by atoms with E-state index in [1.165, 1.54) is 17.3 Å². The van der Waals surface area contributed by atoms with Gasteiger partial charge in [0.1, 0.15) is 0 Å². The summed E-state index contributed by atoms with van der Waals surface area (Å²) >= 11 is 1.44. The van der Waals surface area contributed by atoms with Crippen LogP contribution >= 0.6 is 11.8 Å². The summed E-state index contributed by atoms with van der Waals surface area (Å²) in [6.45, 7) is 4.83. The molecule has 1 saturated heterocycles. The molecule has 33 heavy (non-hydrogen) atoms. The first-order valence-corrected chi connectivity index (χ1v) is 11.9. The predicted octanol–water partition coefficient (Wildman–Crippen LogP) is 7.03. The van der Waals surface area contributed by atoms with Crippen molar-refractivity contribution in [3.63, 3.8) is 0 Å². The van der Waals surface area contributed by atoms with E-state index in [2.05, 4.69) is 42.8 Å². The van der Waals surface area contributed by atoms with E-state index in [9.17, 15) is 4.79 Å². The summed E-state index contributed by atoms with van der Waals surface area (Å²) in [4.78, 5) is 20.8. The van der Waals surface area contributed by atoms with Gasteiger partial charge in [-0.15, -0.1) is 0 Å². The molecule has 1 aliphatic rings. The number of fused-ring (bicyclic) bond motifs is 1. The van der Waals surface area contributed by atoms with Gasteiger partial charge in [-0.1, -0.05) is 66.7 Å². The number of hydrogen-bond donors (Lipinski definition) is 0. The van der Waals surface area contributed by atoms with Crippen molar-refractivity contribution in [3.8, 4) is 0 Å². The summed E-state index contributed by atoms with van der Waals surface area (Å²) in [6, 6.07) is 28.5. The molecule has 0 saturated carbocycles. The molecular formula is C28H25N3OS. The van der Waals surface area contributed by atoms with Crippen LogP contribution in [0.15, 0.2) is 101 Å². The normalized spacial score (nSPS) is 16.6. The number of rotatable bonds is 5. The molecule has 4 nitrogen and oxygen atoms in total. The van der Waals surface area contributed by atoms with Crippen molar-refractivity contribution in [1.29, 1.82) is 0 Å². The SMILES string of the molecule is CC(C)n1cc(/C=C2/SC(=Nc3ccccc3)N(Cc3ccccc3)C2=O)c2ccccc21. The zero-order valence-electron chi connectivity index (χ0n) is 18.7. The Balaban J connectivity index is 1.56. The Hall–Kier alpha value is -3.57. The second kappa shape index (κ2) is 9.12. The van der Waals surface area contributed by atoms with E-state index in [-0.39, 0.29) is 5.91 Å². The van der Waals surface area contributed by atoms with Crippen LogP contribution in [0, 0.1) is 0 Å². The smallest absolute Gasteiger partial charge is 0.267 e. The molecule has 1 amide bonds. The van der Waals surface area contributed by atoms with Gasteiger partial charge in [0, 0.05) is 28.7 Å². The Morgan fingerprint density at radius 1 is 0.909 bits per heavy atom. The van der Waals surface area contributed by atoms with E-state index < -0.39 is 0 Å². The molecule has 4 aromatic rings. The molecule has 1 fully saturated rings. The van der Waals surface area contributed by atoms with E-state index in [0.717, 1.165) is 22.2 Å². The number of carbonyl (C=O) groups excluding carboxylic acids is 1. The molecule has 3 aromatic carbocycles. The summed E-state index contributed by atoms with van der Waals surface area (Å²) in [6.07, 6.45) is 4.16. The van der Waals surface area contributed by atoms with Gasteiger partial charge in [-0.2, -0.15) is 0 Å². The molecule has 2 heterocycles. The fraction of sp³-hybridized carbons (Fsp3) is 0.143. The standard InChI is InChI=1S/C28H25N3OS/c1-20(2)30-19-22(24-15-9-10-16-25(24)30)17-26-27(32)31(18-21-11-5-3-6-12-21)28(33-26)29-23-13-7-4-8-14-23/h3-17,19-20H,18H2,1-2H3/b26-17+,29-28?. The number of aliphatic imine (C=N–C) groups is 1. The van der Waals surface area contributed by atoms with Crippen molar-refractivity contribution < 1.29 is 4.79 Å². The number of aromatic nitrogens is 1. The third-order valence-corrected chi connectivity index (χ3v) is 6.67. The zero-order chi connectivity index (χ0) is 22.8. The maximum atomic E-state index is 13.5. The van der Waals surface area contributed by atoms with Crippen LogP contribution in [0.1, 0.15) is 31.0 Å². The highest BCUT2D eigenvalue weighted by atomic mass is 32.2. The minimum atomic E-state index is -0.0140. The fourth-order valence-electron chi connectivity index (χ4n) is 4.03. The Kier molecular flexibility index (Phi) is 5.88. The zero-order valence-corrected chi connectivity index (χ0v) is 19.5. The van der Waals surface area contributed by atoms with Crippen LogP contribution in [0.3, 0.4) is 0 Å². The summed E-state index contributed by atoms with van der Waals surface area (Å²) in [5.74, 6) is -0.0140. The largest absolute Gasteiger partial charge is 0.344 e. The van der Waals surface area contributed by atoms with Gasteiger partial charge in [-0.05, 0) is 55.4 Å². The molecule has 0 N–H and O–H groups in total. The van der Waals surface area contributed by atoms with Gasteiger partial charge in [0.2, 0.25) is 0 Å². The maximum Gasteiger partial charge on any atom is 0.267 e. The van der Waals surface area contributed by atoms with Crippen LogP contribution in [0.5, 0.6) is 0 Å². The lowest BCUT2D eigenvalue weighted by Gasteiger charge is -2.15. The average molecular weight is 452 g/mol. The van der Waals surface area contributed by atoms with Crippen LogP contribution in [-0.2, 0) is 11.3 Å². The number of amides is 1. The van der Waals surface area contributed by atoms with Crippen LogP contribution < -0.4 is 0 Å². The van der Waals surface area contributed by atoms with Gasteiger partial charge in [0.25, 0.3) is 5.91 Å². The Bertz CT molecular complexity index is 1350. The van der Waals surface area contributed by atoms with Crippen LogP contribution in [0.25, 0.3) is 17.0 Å². The van der Waals surface area contributed by atoms with Gasteiger partial charge < -0.3 is 4.57 Å². The van der Waals surface area contributed by atoms with Crippen molar-refractivity contribution in [2.45, 2.75) is 26.4 Å². The number of amidine groups is 1. The molecule has 0 atom stereocenters. The Labute approximate surface area is 198 Å². The number of hydrogen-bond acceptors (Lipinski definition) is 3. The van der Waals surface area contributed by atoms with Gasteiger partial charge in [0.05, 0.1) is 17.1 Å². The minimum absolute atomic E-state index is 0.0140. The Morgan fingerprint density at radius 3 is 2.30 bits per heavy atom. The van der Waals surface area contributed by atoms with Gasteiger partial charge >= 0.3 is 0 Å². The molecule has 5 heteroatoms. The quantitative estimate of drug-likeness (QED) is 0.306. The topological polar surface area (TPSA) is 37.6 Å². The lowest BCUT2D eigenvalue weighted by molar-refractivity contribution is -0.122. The number of benzene rings is 3. The molecule has 0 radical (unpaired) electrons. The number of para-hydroxylation sites is 2. The molecule has 0 unspecified atom stereocenters. The van der Waals surface area contributed by atoms with E-state index in [0.29, 0.717) is 22.7 Å². The first-order chi connectivity index (χ1) is 16.1.